The quantitative estimate of drug-likeness (QED) is 0.583. The predicted octanol–water partition coefficient (Wildman–Crippen LogP) is 4.34. The highest BCUT2D eigenvalue weighted by Crippen LogP contribution is 2.45. The van der Waals surface area contributed by atoms with Gasteiger partial charge in [-0.3, -0.25) is 4.79 Å². The average Bonchev–Trinajstić information content (AvgIpc) is 3.21. The Morgan fingerprint density at radius 2 is 1.97 bits per heavy atom. The van der Waals surface area contributed by atoms with Gasteiger partial charge in [0, 0.05) is 55.9 Å². The molecule has 2 fully saturated rings. The van der Waals surface area contributed by atoms with Gasteiger partial charge in [0.2, 0.25) is 0 Å². The summed E-state index contributed by atoms with van der Waals surface area (Å²) in [5.74, 6) is -0.966. The first-order valence-electron chi connectivity index (χ1n) is 11.1. The topological polar surface area (TPSA) is 65.8 Å². The number of nitriles is 1. The minimum Gasteiger partial charge on any atom is -0.494 e. The van der Waals surface area contributed by atoms with E-state index in [2.05, 4.69) is 0 Å². The highest BCUT2D eigenvalue weighted by molar-refractivity contribution is 5.94. The van der Waals surface area contributed by atoms with Crippen LogP contribution in [0.5, 0.6) is 5.75 Å². The van der Waals surface area contributed by atoms with Gasteiger partial charge in [0.15, 0.2) is 11.6 Å². The molecule has 0 bridgehead atoms. The van der Waals surface area contributed by atoms with Crippen LogP contribution >= 0.6 is 0 Å². The summed E-state index contributed by atoms with van der Waals surface area (Å²) in [5, 5.41) is 9.08. The molecule has 1 amide bonds. The van der Waals surface area contributed by atoms with Crippen LogP contribution in [0.1, 0.15) is 27.9 Å². The second-order valence-electron chi connectivity index (χ2n) is 9.06. The zero-order valence-corrected chi connectivity index (χ0v) is 19.4. The fourth-order valence-electron chi connectivity index (χ4n) is 5.24. The van der Waals surface area contributed by atoms with Crippen LogP contribution in [-0.4, -0.2) is 57.8 Å². The van der Waals surface area contributed by atoms with Crippen molar-refractivity contribution in [2.24, 2.45) is 11.3 Å². The number of fused-ring (bicyclic) bond motifs is 1. The largest absolute Gasteiger partial charge is 0.494 e. The Balaban J connectivity index is 1.58. The van der Waals surface area contributed by atoms with Crippen molar-refractivity contribution in [1.29, 1.82) is 5.26 Å². The van der Waals surface area contributed by atoms with E-state index in [0.717, 1.165) is 12.1 Å². The minimum absolute atomic E-state index is 0.0452. The van der Waals surface area contributed by atoms with Gasteiger partial charge < -0.3 is 19.3 Å². The predicted molar refractivity (Wildman–Crippen MR) is 120 cm³/mol. The molecule has 2 atom stereocenters. The maximum absolute atomic E-state index is 14.2. The first-order valence-corrected chi connectivity index (χ1v) is 11.1. The number of benzene rings is 2. The van der Waals surface area contributed by atoms with Crippen molar-refractivity contribution in [3.63, 3.8) is 0 Å². The lowest BCUT2D eigenvalue weighted by Crippen LogP contribution is -2.49. The molecule has 10 heteroatoms. The highest BCUT2D eigenvalue weighted by atomic mass is 19.4. The molecule has 2 heterocycles. The van der Waals surface area contributed by atoms with E-state index in [0.29, 0.717) is 44.9 Å². The van der Waals surface area contributed by atoms with Gasteiger partial charge in [-0.1, -0.05) is 0 Å². The number of amides is 1. The Kier molecular flexibility index (Phi) is 6.64. The van der Waals surface area contributed by atoms with Crippen LogP contribution in [0.2, 0.25) is 0 Å². The van der Waals surface area contributed by atoms with Crippen molar-refractivity contribution in [3.8, 4) is 11.8 Å². The van der Waals surface area contributed by atoms with E-state index in [-0.39, 0.29) is 28.6 Å². The lowest BCUT2D eigenvalue weighted by atomic mass is 9.73. The number of alkyl halides is 3. The van der Waals surface area contributed by atoms with Gasteiger partial charge in [0.25, 0.3) is 5.91 Å². The molecular formula is C25H25F4N3O3. The number of piperidine rings is 1. The number of carbonyl (C=O) groups is 1. The third-order valence-electron chi connectivity index (χ3n) is 7.04. The van der Waals surface area contributed by atoms with Crippen molar-refractivity contribution >= 4 is 11.6 Å². The van der Waals surface area contributed by atoms with E-state index in [4.69, 9.17) is 14.7 Å². The van der Waals surface area contributed by atoms with Crippen LogP contribution in [0.25, 0.3) is 0 Å². The Bertz CT molecular complexity index is 1160. The fourth-order valence-corrected chi connectivity index (χ4v) is 5.24. The van der Waals surface area contributed by atoms with E-state index in [1.807, 2.05) is 4.90 Å². The third-order valence-corrected chi connectivity index (χ3v) is 7.04. The molecule has 2 aromatic rings. The van der Waals surface area contributed by atoms with Crippen LogP contribution in [-0.2, 0) is 10.9 Å². The van der Waals surface area contributed by atoms with Crippen LogP contribution in [0, 0.1) is 28.5 Å². The highest BCUT2D eigenvalue weighted by Gasteiger charge is 2.51. The lowest BCUT2D eigenvalue weighted by molar-refractivity contribution is -0.137. The number of ether oxygens (including phenoxy) is 2. The zero-order chi connectivity index (χ0) is 25.4. The maximum Gasteiger partial charge on any atom is 0.417 e. The van der Waals surface area contributed by atoms with E-state index >= 15 is 0 Å². The molecule has 2 aliphatic heterocycles. The smallest absolute Gasteiger partial charge is 0.417 e. The summed E-state index contributed by atoms with van der Waals surface area (Å²) < 4.78 is 65.0. The first-order chi connectivity index (χ1) is 16.6. The van der Waals surface area contributed by atoms with Gasteiger partial charge >= 0.3 is 6.18 Å². The van der Waals surface area contributed by atoms with Gasteiger partial charge in [-0.25, -0.2) is 4.39 Å². The van der Waals surface area contributed by atoms with Gasteiger partial charge in [-0.05, 0) is 42.8 Å². The Labute approximate surface area is 200 Å². The van der Waals surface area contributed by atoms with Crippen LogP contribution in [0.15, 0.2) is 36.4 Å². The fraction of sp³-hybridized carbons (Fsp3) is 0.440. The van der Waals surface area contributed by atoms with Gasteiger partial charge in [-0.2, -0.15) is 18.4 Å². The number of carbonyl (C=O) groups excluding carboxylic acids is 1. The van der Waals surface area contributed by atoms with E-state index < -0.39 is 23.1 Å². The standard InChI is InChI=1S/C25H25F4N3O3/c1-34-15-24-7-8-31(19-5-3-17(11-30)20(10-19)25(27,28)29)12-18(24)13-32(14-24)23(33)16-4-6-22(35-2)21(26)9-16/h3-6,9-10,18H,7-8,12-15H2,1-2H3/t18-,24+/m1/s1. The monoisotopic (exact) mass is 491 g/mol. The number of rotatable bonds is 5. The van der Waals surface area contributed by atoms with Crippen molar-refractivity contribution in [3.05, 3.63) is 58.9 Å². The molecule has 4 rings (SSSR count). The number of halogens is 4. The number of hydrogen-bond donors (Lipinski definition) is 0. The van der Waals surface area contributed by atoms with Crippen molar-refractivity contribution < 1.29 is 31.8 Å². The first kappa shape index (κ1) is 24.8. The summed E-state index contributed by atoms with van der Waals surface area (Å²) in [6.07, 6.45) is -4.03. The minimum atomic E-state index is -4.64. The van der Waals surface area contributed by atoms with Crippen molar-refractivity contribution in [2.75, 3.05) is 51.9 Å². The molecule has 0 aliphatic carbocycles. The summed E-state index contributed by atoms with van der Waals surface area (Å²) >= 11 is 0. The Morgan fingerprint density at radius 3 is 2.60 bits per heavy atom. The summed E-state index contributed by atoms with van der Waals surface area (Å²) in [6, 6.07) is 9.39. The van der Waals surface area contributed by atoms with Gasteiger partial charge in [-0.15, -0.1) is 0 Å². The van der Waals surface area contributed by atoms with Gasteiger partial charge in [0.1, 0.15) is 0 Å². The second kappa shape index (κ2) is 9.38. The molecule has 2 aliphatic rings. The van der Waals surface area contributed by atoms with Crippen LogP contribution < -0.4 is 9.64 Å². The molecule has 2 saturated heterocycles. The molecule has 0 aromatic heterocycles. The van der Waals surface area contributed by atoms with Crippen LogP contribution in [0.3, 0.4) is 0 Å². The average molecular weight is 491 g/mol. The molecule has 6 nitrogen and oxygen atoms in total. The van der Waals surface area contributed by atoms with Crippen LogP contribution in [0.4, 0.5) is 23.2 Å². The number of anilines is 1. The second-order valence-corrected chi connectivity index (χ2v) is 9.06. The maximum atomic E-state index is 14.2. The molecule has 2 aromatic carbocycles. The molecule has 0 unspecified atom stereocenters. The number of likely N-dealkylation sites (tertiary alicyclic amines) is 1. The van der Waals surface area contributed by atoms with E-state index in [9.17, 15) is 22.4 Å². The Morgan fingerprint density at radius 1 is 1.20 bits per heavy atom. The normalized spacial score (nSPS) is 22.0. The third kappa shape index (κ3) is 4.65. The van der Waals surface area contributed by atoms with E-state index in [1.54, 1.807) is 18.1 Å². The molecule has 35 heavy (non-hydrogen) atoms. The summed E-state index contributed by atoms with van der Waals surface area (Å²) in [4.78, 5) is 16.7. The van der Waals surface area contributed by atoms with Gasteiger partial charge in [0.05, 0.1) is 30.9 Å². The number of hydrogen-bond acceptors (Lipinski definition) is 5. The molecule has 0 spiro atoms. The molecular weight excluding hydrogens is 466 g/mol. The van der Waals surface area contributed by atoms with Crippen molar-refractivity contribution in [2.45, 2.75) is 12.6 Å². The van der Waals surface area contributed by atoms with Crippen molar-refractivity contribution in [1.82, 2.24) is 4.90 Å². The summed E-state index contributed by atoms with van der Waals surface area (Å²) in [6.45, 7) is 2.07. The summed E-state index contributed by atoms with van der Waals surface area (Å²) in [5.41, 5.74) is -1.16. The Hall–Kier alpha value is -3.32. The number of methoxy groups -OCH3 is 2. The number of nitrogens with zero attached hydrogens (tertiary/aromatic N) is 3. The molecule has 186 valence electrons. The molecule has 0 radical (unpaired) electrons. The van der Waals surface area contributed by atoms with E-state index in [1.165, 1.54) is 31.4 Å². The zero-order valence-electron chi connectivity index (χ0n) is 19.4. The SMILES string of the molecule is COC[C@@]12CCN(c3ccc(C#N)c(C(F)(F)F)c3)C[C@@H]1CN(C(=O)c1ccc(OC)c(F)c1)C2. The lowest BCUT2D eigenvalue weighted by Gasteiger charge is -2.44. The summed E-state index contributed by atoms with van der Waals surface area (Å²) in [7, 11) is 2.93. The molecule has 0 N–H and O–H groups in total. The molecule has 0 saturated carbocycles.